The average molecular weight is 320 g/mol. The number of nitrogens with zero attached hydrogens (tertiary/aromatic N) is 4. The SMILES string of the molecule is Cc1nc(SCc2cn3cccnc3n2)sc1CC(=O)O. The number of aryl methyl sites for hydroxylation is 1. The molecule has 0 saturated heterocycles. The molecule has 0 aliphatic rings. The summed E-state index contributed by atoms with van der Waals surface area (Å²) in [6.07, 6.45) is 5.58. The summed E-state index contributed by atoms with van der Waals surface area (Å²) >= 11 is 3.00. The second-order valence-electron chi connectivity index (χ2n) is 4.41. The molecule has 8 heteroatoms. The lowest BCUT2D eigenvalue weighted by Crippen LogP contribution is -1.99. The van der Waals surface area contributed by atoms with Gasteiger partial charge in [0, 0.05) is 29.2 Å². The third-order valence-corrected chi connectivity index (χ3v) is 5.15. The number of aliphatic carboxylic acids is 1. The first-order chi connectivity index (χ1) is 10.1. The molecule has 0 radical (unpaired) electrons. The first kappa shape index (κ1) is 14.0. The van der Waals surface area contributed by atoms with E-state index in [-0.39, 0.29) is 6.42 Å². The predicted molar refractivity (Wildman–Crippen MR) is 80.7 cm³/mol. The van der Waals surface area contributed by atoms with Crippen molar-refractivity contribution in [2.24, 2.45) is 0 Å². The zero-order valence-electron chi connectivity index (χ0n) is 11.2. The fraction of sp³-hybridized carbons (Fsp3) is 0.231. The lowest BCUT2D eigenvalue weighted by Gasteiger charge is -1.92. The summed E-state index contributed by atoms with van der Waals surface area (Å²) in [7, 11) is 0. The van der Waals surface area contributed by atoms with Crippen molar-refractivity contribution < 1.29 is 9.90 Å². The zero-order chi connectivity index (χ0) is 14.8. The summed E-state index contributed by atoms with van der Waals surface area (Å²) in [6, 6.07) is 1.86. The molecule has 0 aliphatic carbocycles. The zero-order valence-corrected chi connectivity index (χ0v) is 12.8. The van der Waals surface area contributed by atoms with Crippen molar-refractivity contribution >= 4 is 34.8 Å². The van der Waals surface area contributed by atoms with E-state index in [0.29, 0.717) is 11.5 Å². The minimum atomic E-state index is -0.829. The maximum atomic E-state index is 10.8. The van der Waals surface area contributed by atoms with E-state index >= 15 is 0 Å². The standard InChI is InChI=1S/C13H12N4O2S2/c1-8-10(5-11(18)19)21-13(15-8)20-7-9-6-17-4-2-3-14-12(17)16-9/h2-4,6H,5,7H2,1H3,(H,18,19). The Balaban J connectivity index is 1.71. The lowest BCUT2D eigenvalue weighted by molar-refractivity contribution is -0.136. The monoisotopic (exact) mass is 320 g/mol. The third-order valence-electron chi connectivity index (χ3n) is 2.81. The van der Waals surface area contributed by atoms with Gasteiger partial charge in [-0.05, 0) is 13.0 Å². The minimum absolute atomic E-state index is 0.0301. The first-order valence-electron chi connectivity index (χ1n) is 6.21. The summed E-state index contributed by atoms with van der Waals surface area (Å²) in [5.74, 6) is 0.530. The molecule has 3 rings (SSSR count). The van der Waals surface area contributed by atoms with E-state index in [1.165, 1.54) is 11.3 Å². The molecule has 21 heavy (non-hydrogen) atoms. The van der Waals surface area contributed by atoms with Gasteiger partial charge in [-0.25, -0.2) is 15.0 Å². The molecule has 0 atom stereocenters. The van der Waals surface area contributed by atoms with E-state index in [4.69, 9.17) is 5.11 Å². The van der Waals surface area contributed by atoms with Gasteiger partial charge in [-0.15, -0.1) is 11.3 Å². The van der Waals surface area contributed by atoms with Crippen LogP contribution < -0.4 is 0 Å². The van der Waals surface area contributed by atoms with Crippen LogP contribution in [0.1, 0.15) is 16.3 Å². The van der Waals surface area contributed by atoms with Crippen LogP contribution in [0.3, 0.4) is 0 Å². The molecule has 0 spiro atoms. The number of thiazole rings is 1. The van der Waals surface area contributed by atoms with Crippen LogP contribution in [-0.2, 0) is 17.0 Å². The second kappa shape index (κ2) is 5.82. The maximum absolute atomic E-state index is 10.8. The van der Waals surface area contributed by atoms with Crippen molar-refractivity contribution in [2.45, 2.75) is 23.4 Å². The van der Waals surface area contributed by atoms with E-state index < -0.39 is 5.97 Å². The quantitative estimate of drug-likeness (QED) is 0.727. The van der Waals surface area contributed by atoms with Gasteiger partial charge in [0.15, 0.2) is 4.34 Å². The smallest absolute Gasteiger partial charge is 0.308 e. The Labute approximate surface area is 128 Å². The summed E-state index contributed by atoms with van der Waals surface area (Å²) in [6.45, 7) is 1.84. The molecular formula is C13H12N4O2S2. The molecule has 1 N–H and O–H groups in total. The van der Waals surface area contributed by atoms with Gasteiger partial charge in [0.1, 0.15) is 0 Å². The Kier molecular flexibility index (Phi) is 3.89. The van der Waals surface area contributed by atoms with E-state index in [0.717, 1.165) is 20.6 Å². The molecule has 3 aromatic rings. The van der Waals surface area contributed by atoms with E-state index in [1.54, 1.807) is 18.0 Å². The third kappa shape index (κ3) is 3.22. The fourth-order valence-corrected chi connectivity index (χ4v) is 3.96. The van der Waals surface area contributed by atoms with Gasteiger partial charge in [-0.1, -0.05) is 11.8 Å². The molecule has 0 aliphatic heterocycles. The van der Waals surface area contributed by atoms with Gasteiger partial charge in [0.05, 0.1) is 17.8 Å². The van der Waals surface area contributed by atoms with Crippen LogP contribution in [0.25, 0.3) is 5.78 Å². The van der Waals surface area contributed by atoms with Crippen molar-refractivity contribution in [1.82, 2.24) is 19.4 Å². The number of aromatic nitrogens is 4. The Hall–Kier alpha value is -1.93. The van der Waals surface area contributed by atoms with Gasteiger partial charge in [-0.3, -0.25) is 9.20 Å². The highest BCUT2D eigenvalue weighted by Crippen LogP contribution is 2.29. The average Bonchev–Trinajstić information content (AvgIpc) is 2.99. The van der Waals surface area contributed by atoms with Crippen molar-refractivity contribution in [3.8, 4) is 0 Å². The number of hydrogen-bond acceptors (Lipinski definition) is 6. The molecule has 3 aromatic heterocycles. The van der Waals surface area contributed by atoms with Gasteiger partial charge >= 0.3 is 5.97 Å². The highest BCUT2D eigenvalue weighted by atomic mass is 32.2. The molecule has 0 amide bonds. The van der Waals surface area contributed by atoms with Crippen LogP contribution in [0.4, 0.5) is 0 Å². The number of fused-ring (bicyclic) bond motifs is 1. The van der Waals surface area contributed by atoms with Crippen LogP contribution in [-0.4, -0.2) is 30.4 Å². The maximum Gasteiger partial charge on any atom is 0.308 e. The van der Waals surface area contributed by atoms with E-state index in [9.17, 15) is 4.79 Å². The number of thioether (sulfide) groups is 1. The van der Waals surface area contributed by atoms with Crippen molar-refractivity contribution in [3.05, 3.63) is 40.9 Å². The van der Waals surface area contributed by atoms with Crippen molar-refractivity contribution in [2.75, 3.05) is 0 Å². The Morgan fingerprint density at radius 1 is 1.48 bits per heavy atom. The summed E-state index contributed by atoms with van der Waals surface area (Å²) in [5, 5.41) is 8.84. The van der Waals surface area contributed by atoms with Crippen LogP contribution in [0.5, 0.6) is 0 Å². The van der Waals surface area contributed by atoms with E-state index in [1.807, 2.05) is 29.8 Å². The van der Waals surface area contributed by atoms with Crippen molar-refractivity contribution in [3.63, 3.8) is 0 Å². The second-order valence-corrected chi connectivity index (χ2v) is 6.71. The van der Waals surface area contributed by atoms with Gasteiger partial charge in [0.2, 0.25) is 5.78 Å². The predicted octanol–water partition coefficient (Wildman–Crippen LogP) is 2.41. The minimum Gasteiger partial charge on any atom is -0.481 e. The van der Waals surface area contributed by atoms with Crippen molar-refractivity contribution in [1.29, 1.82) is 0 Å². The largest absolute Gasteiger partial charge is 0.481 e. The lowest BCUT2D eigenvalue weighted by atomic mass is 10.3. The van der Waals surface area contributed by atoms with Crippen LogP contribution >= 0.6 is 23.1 Å². The topological polar surface area (TPSA) is 80.4 Å². The number of imidazole rings is 1. The fourth-order valence-electron chi connectivity index (χ4n) is 1.85. The van der Waals surface area contributed by atoms with Gasteiger partial charge in [0.25, 0.3) is 0 Å². The Bertz CT molecular complexity index is 763. The number of carboxylic acid groups (broad SMARTS) is 1. The molecule has 3 heterocycles. The molecule has 108 valence electrons. The summed E-state index contributed by atoms with van der Waals surface area (Å²) in [4.78, 5) is 24.6. The number of carbonyl (C=O) groups is 1. The van der Waals surface area contributed by atoms with Gasteiger partial charge in [-0.2, -0.15) is 0 Å². The summed E-state index contributed by atoms with van der Waals surface area (Å²) < 4.78 is 2.74. The first-order valence-corrected chi connectivity index (χ1v) is 8.01. The molecule has 0 unspecified atom stereocenters. The Morgan fingerprint density at radius 2 is 2.33 bits per heavy atom. The number of carboxylic acids is 1. The number of rotatable bonds is 5. The van der Waals surface area contributed by atoms with Crippen LogP contribution in [0.2, 0.25) is 0 Å². The number of hydrogen-bond donors (Lipinski definition) is 1. The summed E-state index contributed by atoms with van der Waals surface area (Å²) in [5.41, 5.74) is 1.72. The molecule has 0 saturated carbocycles. The molecule has 0 fully saturated rings. The molecule has 6 nitrogen and oxygen atoms in total. The highest BCUT2D eigenvalue weighted by Gasteiger charge is 2.12. The van der Waals surface area contributed by atoms with Crippen LogP contribution in [0, 0.1) is 6.92 Å². The highest BCUT2D eigenvalue weighted by molar-refractivity contribution is 8.00. The van der Waals surface area contributed by atoms with E-state index in [2.05, 4.69) is 15.0 Å². The molecular weight excluding hydrogens is 308 g/mol. The molecule has 0 bridgehead atoms. The Morgan fingerprint density at radius 3 is 3.10 bits per heavy atom. The normalized spacial score (nSPS) is 11.1. The molecule has 0 aromatic carbocycles. The van der Waals surface area contributed by atoms with Gasteiger partial charge < -0.3 is 5.11 Å². The van der Waals surface area contributed by atoms with Crippen LogP contribution in [0.15, 0.2) is 29.0 Å².